The van der Waals surface area contributed by atoms with Crippen LogP contribution < -0.4 is 10.9 Å². The van der Waals surface area contributed by atoms with E-state index in [4.69, 9.17) is 0 Å². The van der Waals surface area contributed by atoms with E-state index in [9.17, 15) is 9.59 Å². The number of hydrazine groups is 1. The van der Waals surface area contributed by atoms with Gasteiger partial charge in [-0.1, -0.05) is 13.0 Å². The molecular weight excluding hydrogens is 354 g/mol. The molecule has 2 N–H and O–H groups in total. The van der Waals surface area contributed by atoms with E-state index in [1.54, 1.807) is 16.2 Å². The van der Waals surface area contributed by atoms with E-state index in [1.165, 1.54) is 28.2 Å². The van der Waals surface area contributed by atoms with Crippen molar-refractivity contribution in [3.8, 4) is 0 Å². The van der Waals surface area contributed by atoms with Crippen LogP contribution in [0.4, 0.5) is 4.79 Å². The molecule has 5 nitrogen and oxygen atoms in total. The van der Waals surface area contributed by atoms with Gasteiger partial charge in [0.05, 0.1) is 11.4 Å². The third-order valence-electron chi connectivity index (χ3n) is 4.43. The quantitative estimate of drug-likeness (QED) is 0.796. The molecule has 7 heteroatoms. The minimum atomic E-state index is -0.292. The lowest BCUT2D eigenvalue weighted by atomic mass is 9.90. The number of hydrogen-bond donors (Lipinski definition) is 2. The molecule has 134 valence electrons. The van der Waals surface area contributed by atoms with Crippen LogP contribution in [0, 0.1) is 5.92 Å². The largest absolute Gasteiger partial charge is 0.336 e. The van der Waals surface area contributed by atoms with Crippen LogP contribution in [0.15, 0.2) is 23.6 Å². The fraction of sp³-hybridized carbons (Fsp3) is 0.444. The minimum Gasteiger partial charge on any atom is -0.319 e. The summed E-state index contributed by atoms with van der Waals surface area (Å²) in [6.45, 7) is 5.28. The maximum atomic E-state index is 12.3. The third kappa shape index (κ3) is 4.41. The summed E-state index contributed by atoms with van der Waals surface area (Å²) in [5.41, 5.74) is 6.36. The second-order valence-corrected chi connectivity index (χ2v) is 8.55. The van der Waals surface area contributed by atoms with Crippen LogP contribution in [-0.2, 0) is 19.4 Å². The number of amides is 3. The first-order chi connectivity index (χ1) is 12.1. The number of thiophene rings is 2. The first-order valence-electron chi connectivity index (χ1n) is 8.56. The van der Waals surface area contributed by atoms with E-state index < -0.39 is 0 Å². The van der Waals surface area contributed by atoms with Crippen molar-refractivity contribution in [3.05, 3.63) is 43.8 Å². The van der Waals surface area contributed by atoms with Gasteiger partial charge in [-0.15, -0.1) is 22.7 Å². The Kier molecular flexibility index (Phi) is 5.75. The van der Waals surface area contributed by atoms with Crippen molar-refractivity contribution in [3.63, 3.8) is 0 Å². The van der Waals surface area contributed by atoms with Crippen molar-refractivity contribution in [2.75, 3.05) is 6.54 Å². The van der Waals surface area contributed by atoms with E-state index in [2.05, 4.69) is 17.8 Å². The van der Waals surface area contributed by atoms with Crippen molar-refractivity contribution in [2.24, 2.45) is 5.92 Å². The maximum absolute atomic E-state index is 12.3. The molecule has 0 saturated carbocycles. The molecule has 0 aliphatic heterocycles. The molecule has 3 rings (SSSR count). The van der Waals surface area contributed by atoms with Crippen molar-refractivity contribution >= 4 is 34.6 Å². The Morgan fingerprint density at radius 2 is 2.20 bits per heavy atom. The molecule has 0 fully saturated rings. The number of nitrogens with zero attached hydrogens (tertiary/aromatic N) is 1. The summed E-state index contributed by atoms with van der Waals surface area (Å²) in [5, 5.41) is 1.99. The molecule has 25 heavy (non-hydrogen) atoms. The van der Waals surface area contributed by atoms with Crippen LogP contribution in [0.3, 0.4) is 0 Å². The Labute approximate surface area is 156 Å². The van der Waals surface area contributed by atoms with Crippen LogP contribution >= 0.6 is 22.7 Å². The average Bonchev–Trinajstić information content (AvgIpc) is 3.26. The standard InChI is InChI=1S/C18H23N3O2S2/c1-3-21(11-14-5-4-8-24-14)18(23)20-19-17(22)16-10-13-9-12(2)6-7-15(13)25-16/h4-5,8,10,12H,3,6-7,9,11H2,1-2H3,(H,19,22)(H,20,23)/t12-/m0/s1. The molecule has 0 bridgehead atoms. The summed E-state index contributed by atoms with van der Waals surface area (Å²) in [5.74, 6) is 0.431. The molecule has 0 unspecified atom stereocenters. The summed E-state index contributed by atoms with van der Waals surface area (Å²) in [6, 6.07) is 5.64. The van der Waals surface area contributed by atoms with Crippen molar-refractivity contribution in [1.82, 2.24) is 15.8 Å². The molecule has 2 aromatic heterocycles. The van der Waals surface area contributed by atoms with Gasteiger partial charge in [-0.3, -0.25) is 10.2 Å². The highest BCUT2D eigenvalue weighted by molar-refractivity contribution is 7.14. The van der Waals surface area contributed by atoms with Gasteiger partial charge in [-0.2, -0.15) is 0 Å². The molecule has 0 radical (unpaired) electrons. The number of carbonyl (C=O) groups excluding carboxylic acids is 2. The fourth-order valence-corrected chi connectivity index (χ4v) is 4.81. The van der Waals surface area contributed by atoms with Crippen molar-refractivity contribution in [1.29, 1.82) is 0 Å². The summed E-state index contributed by atoms with van der Waals surface area (Å²) < 4.78 is 0. The summed E-state index contributed by atoms with van der Waals surface area (Å²) >= 11 is 3.15. The van der Waals surface area contributed by atoms with Crippen LogP contribution in [-0.4, -0.2) is 23.4 Å². The first kappa shape index (κ1) is 17.9. The summed E-state index contributed by atoms with van der Waals surface area (Å²) in [6.07, 6.45) is 3.26. The second-order valence-electron chi connectivity index (χ2n) is 6.38. The van der Waals surface area contributed by atoms with Gasteiger partial charge in [0, 0.05) is 16.3 Å². The van der Waals surface area contributed by atoms with Crippen LogP contribution in [0.1, 0.15) is 45.3 Å². The molecule has 2 heterocycles. The Bertz CT molecular complexity index is 740. The lowest BCUT2D eigenvalue weighted by Crippen LogP contribution is -2.48. The van der Waals surface area contributed by atoms with Gasteiger partial charge < -0.3 is 4.90 Å². The van der Waals surface area contributed by atoms with E-state index in [0.717, 1.165) is 17.7 Å². The van der Waals surface area contributed by atoms with Gasteiger partial charge in [-0.05, 0) is 55.2 Å². The highest BCUT2D eigenvalue weighted by Crippen LogP contribution is 2.32. The smallest absolute Gasteiger partial charge is 0.319 e. The Hall–Kier alpha value is -1.86. The van der Waals surface area contributed by atoms with Gasteiger partial charge in [0.15, 0.2) is 0 Å². The maximum Gasteiger partial charge on any atom is 0.336 e. The second kappa shape index (κ2) is 8.01. The van der Waals surface area contributed by atoms with Crippen molar-refractivity contribution < 1.29 is 9.59 Å². The number of rotatable bonds is 4. The topological polar surface area (TPSA) is 61.4 Å². The van der Waals surface area contributed by atoms with Gasteiger partial charge >= 0.3 is 6.03 Å². The molecule has 0 spiro atoms. The number of urea groups is 1. The van der Waals surface area contributed by atoms with Gasteiger partial charge in [0.1, 0.15) is 0 Å². The van der Waals surface area contributed by atoms with Crippen LogP contribution in [0.5, 0.6) is 0 Å². The number of aryl methyl sites for hydroxylation is 1. The molecule has 1 aliphatic rings. The zero-order chi connectivity index (χ0) is 17.8. The minimum absolute atomic E-state index is 0.243. The SMILES string of the molecule is CCN(Cc1cccs1)C(=O)NNC(=O)c1cc2c(s1)CC[C@H](C)C2. The van der Waals surface area contributed by atoms with Gasteiger partial charge in [0.25, 0.3) is 5.91 Å². The lowest BCUT2D eigenvalue weighted by molar-refractivity contribution is 0.0933. The highest BCUT2D eigenvalue weighted by atomic mass is 32.1. The molecule has 0 saturated heterocycles. The molecule has 1 atom stereocenters. The van der Waals surface area contributed by atoms with E-state index in [-0.39, 0.29) is 11.9 Å². The average molecular weight is 378 g/mol. The fourth-order valence-electron chi connectivity index (χ4n) is 2.99. The van der Waals surface area contributed by atoms with Gasteiger partial charge in [0.2, 0.25) is 0 Å². The van der Waals surface area contributed by atoms with E-state index in [0.29, 0.717) is 23.9 Å². The molecule has 0 aromatic carbocycles. The Balaban J connectivity index is 1.55. The molecular formula is C18H23N3O2S2. The van der Waals surface area contributed by atoms with Crippen molar-refractivity contribution in [2.45, 2.75) is 39.7 Å². The Morgan fingerprint density at radius 3 is 2.92 bits per heavy atom. The van der Waals surface area contributed by atoms with Crippen LogP contribution in [0.2, 0.25) is 0 Å². The predicted molar refractivity (Wildman–Crippen MR) is 102 cm³/mol. The molecule has 3 amide bonds. The predicted octanol–water partition coefficient (Wildman–Crippen LogP) is 3.81. The van der Waals surface area contributed by atoms with Gasteiger partial charge in [-0.25, -0.2) is 10.2 Å². The monoisotopic (exact) mass is 377 g/mol. The lowest BCUT2D eigenvalue weighted by Gasteiger charge is -2.20. The number of fused-ring (bicyclic) bond motifs is 1. The molecule has 2 aromatic rings. The normalized spacial score (nSPS) is 16.2. The first-order valence-corrected chi connectivity index (χ1v) is 10.3. The summed E-state index contributed by atoms with van der Waals surface area (Å²) in [4.78, 5) is 29.4. The molecule has 1 aliphatic carbocycles. The number of carbonyl (C=O) groups is 2. The number of hydrogen-bond acceptors (Lipinski definition) is 4. The zero-order valence-corrected chi connectivity index (χ0v) is 16.1. The number of nitrogens with one attached hydrogen (secondary N) is 2. The zero-order valence-electron chi connectivity index (χ0n) is 14.5. The van der Waals surface area contributed by atoms with E-state index >= 15 is 0 Å². The highest BCUT2D eigenvalue weighted by Gasteiger charge is 2.21. The summed E-state index contributed by atoms with van der Waals surface area (Å²) in [7, 11) is 0. The van der Waals surface area contributed by atoms with E-state index in [1.807, 2.05) is 30.5 Å². The Morgan fingerprint density at radius 1 is 1.36 bits per heavy atom. The van der Waals surface area contributed by atoms with Crippen LogP contribution in [0.25, 0.3) is 0 Å². The third-order valence-corrected chi connectivity index (χ3v) is 6.53.